The fourth-order valence-corrected chi connectivity index (χ4v) is 12.3. The fourth-order valence-electron chi connectivity index (χ4n) is 9.57. The first-order valence-corrected chi connectivity index (χ1v) is 29.5. The molecule has 10 rings (SSSR count). The van der Waals surface area contributed by atoms with Gasteiger partial charge in [-0.15, -0.1) is 0 Å². The van der Waals surface area contributed by atoms with Crippen LogP contribution in [0.15, 0.2) is 153 Å². The predicted octanol–water partition coefficient (Wildman–Crippen LogP) is 7.25. The quantitative estimate of drug-likeness (QED) is 0.0392. The Morgan fingerprint density at radius 3 is 1.09 bits per heavy atom. The summed E-state index contributed by atoms with van der Waals surface area (Å²) in [5, 5.41) is 11.7. The number of carbonyl (C=O) groups is 5. The molecule has 4 aromatic heterocycles. The lowest BCUT2D eigenvalue weighted by Gasteiger charge is -2.10. The normalized spacial score (nSPS) is 12.3. The van der Waals surface area contributed by atoms with Gasteiger partial charge in [0.2, 0.25) is 11.6 Å². The van der Waals surface area contributed by atoms with Crippen LogP contribution in [0.3, 0.4) is 0 Å². The lowest BCUT2D eigenvalue weighted by molar-refractivity contribution is 0.101. The second kappa shape index (κ2) is 20.0. The summed E-state index contributed by atoms with van der Waals surface area (Å²) in [6.07, 6.45) is 2.89. The molecule has 0 saturated heterocycles. The van der Waals surface area contributed by atoms with E-state index in [2.05, 4.69) is 21.3 Å². The van der Waals surface area contributed by atoms with Gasteiger partial charge in [-0.1, -0.05) is 12.1 Å². The number of aromatic nitrogens is 4. The van der Waals surface area contributed by atoms with E-state index in [1.165, 1.54) is 84.2 Å². The zero-order valence-corrected chi connectivity index (χ0v) is 46.0. The Labute approximate surface area is 464 Å². The van der Waals surface area contributed by atoms with Gasteiger partial charge in [-0.3, -0.25) is 37.4 Å². The van der Waals surface area contributed by atoms with E-state index in [1.807, 2.05) is 0 Å². The van der Waals surface area contributed by atoms with E-state index < -0.39 is 89.5 Å². The Kier molecular flexibility index (Phi) is 13.7. The third-order valence-electron chi connectivity index (χ3n) is 13.5. The first-order valence-electron chi connectivity index (χ1n) is 23.7. The molecule has 0 fully saturated rings. The van der Waals surface area contributed by atoms with Crippen molar-refractivity contribution < 1.29 is 75.9 Å². The average Bonchev–Trinajstić information content (AvgIpc) is 4.27. The van der Waals surface area contributed by atoms with Gasteiger partial charge < -0.3 is 39.5 Å². The van der Waals surface area contributed by atoms with Gasteiger partial charge in [0.25, 0.3) is 52.3 Å². The number of rotatable bonds is 14. The van der Waals surface area contributed by atoms with Crippen LogP contribution in [0.4, 0.5) is 27.5 Å². The number of nitrogens with zero attached hydrogens (tertiary/aromatic N) is 4. The molecule has 0 radical (unpaired) electrons. The third-order valence-corrected chi connectivity index (χ3v) is 17.0. The molecule has 82 heavy (non-hydrogen) atoms. The molecule has 0 unspecified atom stereocenters. The molecule has 0 saturated carbocycles. The van der Waals surface area contributed by atoms with Crippen molar-refractivity contribution in [3.63, 3.8) is 0 Å². The minimum Gasteiger partial charge on any atom is -0.346 e. The monoisotopic (exact) mass is 1190 g/mol. The van der Waals surface area contributed by atoms with E-state index in [-0.39, 0.29) is 66.8 Å². The summed E-state index contributed by atoms with van der Waals surface area (Å²) in [5.74, 6) is -2.33. The number of nitrogens with one attached hydrogen (secondary N) is 4. The third kappa shape index (κ3) is 10.7. The van der Waals surface area contributed by atoms with Crippen molar-refractivity contribution in [2.45, 2.75) is 19.6 Å². The molecule has 6 aromatic carbocycles. The predicted molar refractivity (Wildman–Crippen MR) is 299 cm³/mol. The van der Waals surface area contributed by atoms with Crippen molar-refractivity contribution in [3.8, 4) is 0 Å². The largest absolute Gasteiger partial charge is 0.346 e. The zero-order valence-electron chi connectivity index (χ0n) is 42.7. The van der Waals surface area contributed by atoms with Crippen molar-refractivity contribution in [1.29, 1.82) is 0 Å². The van der Waals surface area contributed by atoms with Crippen LogP contribution in [0.25, 0.3) is 43.4 Å². The van der Waals surface area contributed by atoms with E-state index in [0.29, 0.717) is 45.3 Å². The van der Waals surface area contributed by atoms with Crippen LogP contribution < -0.4 is 21.3 Å². The molecule has 420 valence electrons. The van der Waals surface area contributed by atoms with Gasteiger partial charge in [0.15, 0.2) is 0 Å². The maximum absolute atomic E-state index is 14.0. The molecular weight excluding hydrogens is 1150 g/mol. The minimum absolute atomic E-state index is 0.0145. The van der Waals surface area contributed by atoms with E-state index in [0.717, 1.165) is 12.1 Å². The molecule has 8 N–H and O–H groups in total. The van der Waals surface area contributed by atoms with Crippen LogP contribution in [0.5, 0.6) is 0 Å². The molecule has 0 atom stereocenters. The molecule has 10 aromatic rings. The number of fused-ring (bicyclic) bond motifs is 4. The van der Waals surface area contributed by atoms with Crippen LogP contribution in [0.1, 0.15) is 53.1 Å². The highest BCUT2D eigenvalue weighted by molar-refractivity contribution is 7.87. The maximum atomic E-state index is 14.0. The number of carbonyl (C=O) groups excluding carboxylic acids is 5. The van der Waals surface area contributed by atoms with E-state index in [4.69, 9.17) is 0 Å². The molecule has 0 spiro atoms. The average molecular weight is 1190 g/mol. The number of hydrogen-bond donors (Lipinski definition) is 8. The molecule has 0 aliphatic rings. The number of anilines is 4. The lowest BCUT2D eigenvalue weighted by atomic mass is 10.1. The highest BCUT2D eigenvalue weighted by Gasteiger charge is 2.26. The Balaban J connectivity index is 0.801. The second-order valence-corrected chi connectivity index (χ2v) is 24.6. The van der Waals surface area contributed by atoms with Crippen molar-refractivity contribution in [1.82, 2.24) is 18.3 Å². The van der Waals surface area contributed by atoms with Crippen molar-refractivity contribution >= 4 is 136 Å². The number of ketones is 2. The Morgan fingerprint density at radius 2 is 0.732 bits per heavy atom. The smallest absolute Gasteiger partial charge is 0.323 e. The molecule has 4 heterocycles. The second-order valence-electron chi connectivity index (χ2n) is 18.9. The Hall–Kier alpha value is -9.33. The number of hydrogen-bond acceptors (Lipinski definition) is 13. The van der Waals surface area contributed by atoms with Gasteiger partial charge in [-0.05, 0) is 120 Å². The molecule has 29 heteroatoms. The molecular formula is C53H42N8O17S4. The zero-order chi connectivity index (χ0) is 59.3. The maximum Gasteiger partial charge on any atom is 0.323 e. The summed E-state index contributed by atoms with van der Waals surface area (Å²) >= 11 is 0. The van der Waals surface area contributed by atoms with E-state index in [1.54, 1.807) is 71.8 Å². The summed E-state index contributed by atoms with van der Waals surface area (Å²) < 4.78 is 141. The van der Waals surface area contributed by atoms with Crippen LogP contribution in [-0.2, 0) is 68.7 Å². The topological polar surface area (TPSA) is 371 Å². The van der Waals surface area contributed by atoms with Gasteiger partial charge >= 0.3 is 6.03 Å². The standard InChI is InChI=1S/C53H42N8O17S4/c1-58-25-31(19-45(58)51(64)54-35-7-5-27-15-37(79(67,68)69)23-47(39(27)21-35)81(73,74)75)49(62)43-17-29-13-33(9-11-41(29)60(43)3)56-53(66)57-34-10-12-42-30(14-34)18-44(61(42)4)50(63)32-20-46(59(2)26-32)52(65)55-36-8-6-28-16-38(80(70,71)72)24-48(40(28)22-36)82(76,77)78/h5-26H,1-4H3,(H,54,64)(H,55,65)(H2,56,57,66)(H,67,68,69)(H,70,71,72)(H,73,74,75)(H,76,77,78). The van der Waals surface area contributed by atoms with Crippen molar-refractivity contribution in [3.05, 3.63) is 168 Å². The first-order chi connectivity index (χ1) is 38.3. The summed E-state index contributed by atoms with van der Waals surface area (Å²) in [5.41, 5.74) is 2.91. The SMILES string of the molecule is Cn1cc(C(=O)c2cc3cc(NC(=O)Nc4ccc5c(c4)cc(C(=O)c4cc(C(=O)Nc6ccc7cc(S(=O)(=O)O)cc(S(=O)(=O)O)c7c6)n(C)c4)n5C)ccc3n2C)cc1C(=O)Nc1ccc2cc(S(=O)(=O)O)cc(S(=O)(=O)O)c2c1. The highest BCUT2D eigenvalue weighted by atomic mass is 32.2. The highest BCUT2D eigenvalue weighted by Crippen LogP contribution is 2.33. The molecule has 0 aliphatic heterocycles. The Morgan fingerprint density at radius 1 is 0.378 bits per heavy atom. The summed E-state index contributed by atoms with van der Waals surface area (Å²) in [7, 11) is -13.3. The molecule has 25 nitrogen and oxygen atoms in total. The minimum atomic E-state index is -5.00. The molecule has 0 bridgehead atoms. The summed E-state index contributed by atoms with van der Waals surface area (Å²) in [6.45, 7) is 0. The van der Waals surface area contributed by atoms with Crippen molar-refractivity contribution in [2.24, 2.45) is 28.2 Å². The van der Waals surface area contributed by atoms with Gasteiger partial charge in [-0.25, -0.2) is 4.79 Å². The fraction of sp³-hybridized carbons (Fsp3) is 0.0755. The summed E-state index contributed by atoms with van der Waals surface area (Å²) in [4.78, 5) is 65.2. The Bertz CT molecular complexity index is 4670. The van der Waals surface area contributed by atoms with Crippen LogP contribution in [0.2, 0.25) is 0 Å². The lowest BCUT2D eigenvalue weighted by Crippen LogP contribution is -2.19. The van der Waals surface area contributed by atoms with Gasteiger partial charge in [0.1, 0.15) is 21.2 Å². The number of benzene rings is 6. The number of amides is 4. The van der Waals surface area contributed by atoms with E-state index in [9.17, 15) is 75.9 Å². The summed E-state index contributed by atoms with van der Waals surface area (Å²) in [6, 6.07) is 26.1. The van der Waals surface area contributed by atoms with Gasteiger partial charge in [-0.2, -0.15) is 33.7 Å². The number of aryl methyl sites for hydroxylation is 4. The molecule has 0 aliphatic carbocycles. The molecule has 4 amide bonds. The van der Waals surface area contributed by atoms with Crippen LogP contribution in [-0.4, -0.2) is 99.6 Å². The number of urea groups is 1. The first kappa shape index (κ1) is 56.0. The van der Waals surface area contributed by atoms with E-state index >= 15 is 0 Å². The van der Waals surface area contributed by atoms with Gasteiger partial charge in [0.05, 0.1) is 21.2 Å². The van der Waals surface area contributed by atoms with Crippen molar-refractivity contribution in [2.75, 3.05) is 21.3 Å². The van der Waals surface area contributed by atoms with Gasteiger partial charge in [0, 0.05) is 107 Å². The van der Waals surface area contributed by atoms with Crippen LogP contribution in [0, 0.1) is 0 Å². The van der Waals surface area contributed by atoms with Crippen LogP contribution >= 0.6 is 0 Å².